The fourth-order valence-corrected chi connectivity index (χ4v) is 4.68. The smallest absolute Gasteiger partial charge is 0.416 e. The van der Waals surface area contributed by atoms with Gasteiger partial charge in [0.2, 0.25) is 0 Å². The number of benzene rings is 3. The Kier molecular flexibility index (Phi) is 8.04. The molecule has 0 saturated carbocycles. The maximum absolute atomic E-state index is 13.2. The Morgan fingerprint density at radius 1 is 1.05 bits per heavy atom. The van der Waals surface area contributed by atoms with Crippen LogP contribution in [-0.2, 0) is 17.3 Å². The van der Waals surface area contributed by atoms with Gasteiger partial charge in [-0.3, -0.25) is 4.79 Å². The van der Waals surface area contributed by atoms with Crippen molar-refractivity contribution in [2.24, 2.45) is 0 Å². The molecule has 1 heterocycles. The van der Waals surface area contributed by atoms with Gasteiger partial charge in [0.05, 0.1) is 23.7 Å². The number of hydrogen-bond donors (Lipinski definition) is 2. The predicted molar refractivity (Wildman–Crippen MR) is 139 cm³/mol. The highest BCUT2D eigenvalue weighted by molar-refractivity contribution is 7.98. The van der Waals surface area contributed by atoms with E-state index >= 15 is 0 Å². The molecule has 5 nitrogen and oxygen atoms in total. The number of halogens is 3. The molecule has 0 radical (unpaired) electrons. The van der Waals surface area contributed by atoms with Gasteiger partial charge in [0.25, 0.3) is 5.91 Å². The van der Waals surface area contributed by atoms with E-state index in [1.54, 1.807) is 61.7 Å². The molecule has 4 aromatic rings. The van der Waals surface area contributed by atoms with Crippen molar-refractivity contribution in [1.29, 1.82) is 0 Å². The molecular weight excluding hydrogens is 501 g/mol. The molecule has 4 rings (SSSR count). The molecule has 0 bridgehead atoms. The Hall–Kier alpha value is -3.56. The molecule has 0 aliphatic heterocycles. The molecule has 0 spiro atoms. The second-order valence-corrected chi connectivity index (χ2v) is 9.36. The lowest BCUT2D eigenvalue weighted by atomic mass is 10.0. The zero-order valence-electron chi connectivity index (χ0n) is 20.2. The molecule has 0 aliphatic carbocycles. The summed E-state index contributed by atoms with van der Waals surface area (Å²) in [4.78, 5) is 18.4. The van der Waals surface area contributed by atoms with Crippen molar-refractivity contribution in [2.45, 2.75) is 23.5 Å². The van der Waals surface area contributed by atoms with E-state index in [1.807, 2.05) is 6.26 Å². The van der Waals surface area contributed by atoms with Gasteiger partial charge in [-0.2, -0.15) is 13.2 Å². The molecule has 1 amide bonds. The van der Waals surface area contributed by atoms with Crippen LogP contribution < -0.4 is 5.32 Å². The summed E-state index contributed by atoms with van der Waals surface area (Å²) >= 11 is 1.43. The zero-order chi connectivity index (χ0) is 26.6. The summed E-state index contributed by atoms with van der Waals surface area (Å²) in [6.45, 7) is 0.288. The molecular formula is C28H25F3N2O3S. The lowest BCUT2D eigenvalue weighted by Crippen LogP contribution is -2.40. The van der Waals surface area contributed by atoms with Gasteiger partial charge in [0.15, 0.2) is 0 Å². The number of fused-ring (bicyclic) bond motifs is 1. The van der Waals surface area contributed by atoms with Crippen molar-refractivity contribution in [3.8, 4) is 16.9 Å². The van der Waals surface area contributed by atoms with Crippen LogP contribution in [0.4, 0.5) is 13.2 Å². The number of carbonyl (C=O) groups is 1. The third kappa shape index (κ3) is 6.42. The zero-order valence-corrected chi connectivity index (χ0v) is 21.0. The van der Waals surface area contributed by atoms with E-state index < -0.39 is 11.7 Å². The summed E-state index contributed by atoms with van der Waals surface area (Å²) in [7, 11) is 1.55. The molecule has 37 heavy (non-hydrogen) atoms. The number of nitrogens with zero attached hydrogens (tertiary/aromatic N) is 1. The number of ether oxygens (including phenoxy) is 1. The summed E-state index contributed by atoms with van der Waals surface area (Å²) in [5.74, 6) is -0.197. The Balaban J connectivity index is 1.61. The van der Waals surface area contributed by atoms with Crippen molar-refractivity contribution < 1.29 is 27.8 Å². The minimum Gasteiger partial charge on any atom is -0.508 e. The number of pyridine rings is 1. The average molecular weight is 527 g/mol. The first-order valence-corrected chi connectivity index (χ1v) is 12.6. The van der Waals surface area contributed by atoms with Gasteiger partial charge in [-0.05, 0) is 71.8 Å². The van der Waals surface area contributed by atoms with Crippen LogP contribution in [0.15, 0.2) is 77.7 Å². The number of nitrogens with one attached hydrogen (secondary N) is 1. The van der Waals surface area contributed by atoms with E-state index in [0.717, 1.165) is 28.0 Å². The number of phenolic OH excluding ortho intramolecular Hbond substituents is 1. The largest absolute Gasteiger partial charge is 0.508 e. The van der Waals surface area contributed by atoms with Crippen LogP contribution in [0, 0.1) is 0 Å². The number of phenols is 1. The minimum atomic E-state index is -4.43. The number of alkyl halides is 3. The average Bonchev–Trinajstić information content (AvgIpc) is 2.88. The first-order valence-electron chi connectivity index (χ1n) is 11.4. The normalized spacial score (nSPS) is 12.5. The Labute approximate surface area is 216 Å². The maximum atomic E-state index is 13.2. The molecule has 192 valence electrons. The highest BCUT2D eigenvalue weighted by atomic mass is 32.2. The van der Waals surface area contributed by atoms with Crippen LogP contribution in [0.1, 0.15) is 21.6 Å². The van der Waals surface area contributed by atoms with Gasteiger partial charge in [-0.15, -0.1) is 11.8 Å². The topological polar surface area (TPSA) is 71.5 Å². The number of methoxy groups -OCH3 is 1. The molecule has 0 saturated heterocycles. The number of thioether (sulfide) groups is 1. The lowest BCUT2D eigenvalue weighted by Gasteiger charge is -2.18. The van der Waals surface area contributed by atoms with Crippen LogP contribution in [0.5, 0.6) is 5.75 Å². The van der Waals surface area contributed by atoms with Crippen LogP contribution in [0.25, 0.3) is 22.0 Å². The predicted octanol–water partition coefficient (Wildman–Crippen LogP) is 6.34. The first kappa shape index (κ1) is 26.5. The second-order valence-electron chi connectivity index (χ2n) is 8.52. The van der Waals surface area contributed by atoms with E-state index in [9.17, 15) is 23.1 Å². The van der Waals surface area contributed by atoms with Crippen LogP contribution in [-0.4, -0.2) is 42.0 Å². The highest BCUT2D eigenvalue weighted by Gasteiger charge is 2.30. The summed E-state index contributed by atoms with van der Waals surface area (Å²) in [6, 6.07) is 18.5. The molecule has 9 heteroatoms. The van der Waals surface area contributed by atoms with Gasteiger partial charge < -0.3 is 15.2 Å². The second kappa shape index (κ2) is 11.2. The van der Waals surface area contributed by atoms with Gasteiger partial charge in [-0.1, -0.05) is 30.3 Å². The van der Waals surface area contributed by atoms with E-state index in [1.165, 1.54) is 17.8 Å². The molecule has 1 atom stereocenters. The van der Waals surface area contributed by atoms with Crippen LogP contribution in [0.2, 0.25) is 0 Å². The molecule has 0 unspecified atom stereocenters. The number of rotatable bonds is 8. The summed E-state index contributed by atoms with van der Waals surface area (Å²) in [5.41, 5.74) is 2.09. The van der Waals surface area contributed by atoms with Gasteiger partial charge in [0, 0.05) is 17.4 Å². The van der Waals surface area contributed by atoms with Gasteiger partial charge in [0.1, 0.15) is 11.4 Å². The minimum absolute atomic E-state index is 0.164. The lowest BCUT2D eigenvalue weighted by molar-refractivity contribution is -0.137. The fourth-order valence-electron chi connectivity index (χ4n) is 4.06. The SMILES string of the molecule is COC[C@H](Cc1ccc(O)cc1)NC(=O)c1cc(SC)c2cc(-c3cccc(C(F)(F)F)c3)ccc2n1. The summed E-state index contributed by atoms with van der Waals surface area (Å²) in [5, 5.41) is 13.2. The third-order valence-corrected chi connectivity index (χ3v) is 6.65. The van der Waals surface area contributed by atoms with E-state index in [4.69, 9.17) is 4.74 Å². The number of amides is 1. The van der Waals surface area contributed by atoms with Gasteiger partial charge in [-0.25, -0.2) is 4.98 Å². The van der Waals surface area contributed by atoms with Crippen molar-refractivity contribution in [1.82, 2.24) is 10.3 Å². The third-order valence-electron chi connectivity index (χ3n) is 5.87. The maximum Gasteiger partial charge on any atom is 0.416 e. The molecule has 0 fully saturated rings. The van der Waals surface area contributed by atoms with Gasteiger partial charge >= 0.3 is 6.18 Å². The first-order chi connectivity index (χ1) is 17.7. The molecule has 0 aliphatic rings. The molecule has 2 N–H and O–H groups in total. The highest BCUT2D eigenvalue weighted by Crippen LogP contribution is 2.34. The quantitative estimate of drug-likeness (QED) is 0.262. The monoisotopic (exact) mass is 526 g/mol. The van der Waals surface area contributed by atoms with Crippen LogP contribution in [0.3, 0.4) is 0 Å². The number of aromatic hydroxyl groups is 1. The number of aromatic nitrogens is 1. The fraction of sp³-hybridized carbons (Fsp3) is 0.214. The summed E-state index contributed by atoms with van der Waals surface area (Å²) in [6.07, 6.45) is -2.06. The Bertz CT molecular complexity index is 1410. The van der Waals surface area contributed by atoms with Crippen molar-refractivity contribution >= 4 is 28.6 Å². The summed E-state index contributed by atoms with van der Waals surface area (Å²) < 4.78 is 44.8. The van der Waals surface area contributed by atoms with E-state index in [-0.39, 0.29) is 30.0 Å². The molecule has 3 aromatic carbocycles. The number of hydrogen-bond acceptors (Lipinski definition) is 5. The van der Waals surface area contributed by atoms with E-state index in [0.29, 0.717) is 23.1 Å². The Morgan fingerprint density at radius 3 is 2.46 bits per heavy atom. The van der Waals surface area contributed by atoms with Crippen molar-refractivity contribution in [3.05, 3.63) is 89.6 Å². The van der Waals surface area contributed by atoms with Crippen LogP contribution >= 0.6 is 11.8 Å². The number of carbonyl (C=O) groups excluding carboxylic acids is 1. The van der Waals surface area contributed by atoms with Crippen molar-refractivity contribution in [2.75, 3.05) is 20.0 Å². The van der Waals surface area contributed by atoms with Crippen molar-refractivity contribution in [3.63, 3.8) is 0 Å². The standard InChI is InChI=1S/C28H25F3N2O3S/c1-36-16-21(12-17-6-9-22(34)10-7-17)32-27(35)25-15-26(37-2)23-14-19(8-11-24(23)33-25)18-4-3-5-20(13-18)28(29,30)31/h3-11,13-15,21,34H,12,16H2,1-2H3,(H,32,35)/t21-/m0/s1. The van der Waals surface area contributed by atoms with E-state index in [2.05, 4.69) is 10.3 Å². The Morgan fingerprint density at radius 2 is 1.78 bits per heavy atom. The molecule has 1 aromatic heterocycles.